The normalized spacial score (nSPS) is 11.5. The van der Waals surface area contributed by atoms with Gasteiger partial charge < -0.3 is 10.1 Å². The number of anilines is 1. The Balaban J connectivity index is 1.41. The third kappa shape index (κ3) is 4.71. The molecule has 0 fully saturated rings. The first-order chi connectivity index (χ1) is 14.8. The Labute approximate surface area is 181 Å². The van der Waals surface area contributed by atoms with Crippen LogP contribution >= 0.6 is 0 Å². The van der Waals surface area contributed by atoms with Crippen LogP contribution in [0.1, 0.15) is 32.2 Å². The number of ether oxygens (including phenoxy) is 1. The molecular formula is C24H25N5O2. The maximum Gasteiger partial charge on any atom is 0.262 e. The molecule has 0 radical (unpaired) electrons. The SMILES string of the molecule is Cc1nnc2ccc(-c3cccc(NC(=O)COc4ccc(C(C)(C)C)cc4)c3)nn12. The van der Waals surface area contributed by atoms with Crippen molar-refractivity contribution in [2.24, 2.45) is 0 Å². The second-order valence-corrected chi connectivity index (χ2v) is 8.43. The number of carbonyl (C=O) groups excluding carboxylic acids is 1. The van der Waals surface area contributed by atoms with Gasteiger partial charge in [0.05, 0.1) is 5.69 Å². The van der Waals surface area contributed by atoms with E-state index in [1.165, 1.54) is 5.56 Å². The van der Waals surface area contributed by atoms with Crippen LogP contribution in [0.25, 0.3) is 16.9 Å². The van der Waals surface area contributed by atoms with Crippen LogP contribution in [-0.2, 0) is 10.2 Å². The van der Waals surface area contributed by atoms with E-state index >= 15 is 0 Å². The lowest BCUT2D eigenvalue weighted by molar-refractivity contribution is -0.118. The van der Waals surface area contributed by atoms with Crippen molar-refractivity contribution >= 4 is 17.2 Å². The number of rotatable bonds is 5. The lowest BCUT2D eigenvalue weighted by Crippen LogP contribution is -2.20. The topological polar surface area (TPSA) is 81.4 Å². The molecule has 158 valence electrons. The maximum absolute atomic E-state index is 12.4. The highest BCUT2D eigenvalue weighted by Gasteiger charge is 2.13. The minimum Gasteiger partial charge on any atom is -0.484 e. The Bertz CT molecular complexity index is 1220. The molecule has 0 saturated heterocycles. The molecule has 0 bridgehead atoms. The van der Waals surface area contributed by atoms with Crippen molar-refractivity contribution in [2.45, 2.75) is 33.1 Å². The van der Waals surface area contributed by atoms with Gasteiger partial charge in [0, 0.05) is 11.3 Å². The van der Waals surface area contributed by atoms with Crippen molar-refractivity contribution in [1.82, 2.24) is 19.8 Å². The summed E-state index contributed by atoms with van der Waals surface area (Å²) in [6.07, 6.45) is 0. The molecule has 1 N–H and O–H groups in total. The second-order valence-electron chi connectivity index (χ2n) is 8.43. The van der Waals surface area contributed by atoms with Gasteiger partial charge in [0.2, 0.25) is 0 Å². The number of aromatic nitrogens is 4. The molecule has 0 aliphatic carbocycles. The average Bonchev–Trinajstić information content (AvgIpc) is 3.12. The van der Waals surface area contributed by atoms with Gasteiger partial charge in [0.15, 0.2) is 18.1 Å². The lowest BCUT2D eigenvalue weighted by atomic mass is 9.87. The fourth-order valence-corrected chi connectivity index (χ4v) is 3.20. The fourth-order valence-electron chi connectivity index (χ4n) is 3.20. The number of carbonyl (C=O) groups is 1. The minimum absolute atomic E-state index is 0.0663. The fraction of sp³-hybridized carbons (Fsp3) is 0.250. The molecule has 4 aromatic rings. The van der Waals surface area contributed by atoms with Gasteiger partial charge in [-0.1, -0.05) is 45.0 Å². The first-order valence-corrected chi connectivity index (χ1v) is 10.1. The molecule has 7 heteroatoms. The second kappa shape index (κ2) is 8.18. The van der Waals surface area contributed by atoms with Crippen LogP contribution in [0.3, 0.4) is 0 Å². The van der Waals surface area contributed by atoms with Gasteiger partial charge in [-0.3, -0.25) is 4.79 Å². The Morgan fingerprint density at radius 2 is 1.81 bits per heavy atom. The van der Waals surface area contributed by atoms with E-state index in [4.69, 9.17) is 4.74 Å². The first kappa shape index (κ1) is 20.5. The van der Waals surface area contributed by atoms with Gasteiger partial charge in [-0.25, -0.2) is 0 Å². The molecule has 2 aromatic carbocycles. The Kier molecular flexibility index (Phi) is 5.42. The third-order valence-electron chi connectivity index (χ3n) is 4.95. The van der Waals surface area contributed by atoms with Crippen LogP contribution < -0.4 is 10.1 Å². The summed E-state index contributed by atoms with van der Waals surface area (Å²) in [5, 5.41) is 15.5. The van der Waals surface area contributed by atoms with E-state index in [0.29, 0.717) is 22.9 Å². The number of hydrogen-bond donors (Lipinski definition) is 1. The molecule has 0 spiro atoms. The van der Waals surface area contributed by atoms with Gasteiger partial charge in [0.25, 0.3) is 5.91 Å². The molecule has 4 rings (SSSR count). The molecule has 1 amide bonds. The van der Waals surface area contributed by atoms with Gasteiger partial charge in [-0.05, 0) is 54.3 Å². The van der Waals surface area contributed by atoms with Crippen LogP contribution in [0.15, 0.2) is 60.7 Å². The minimum atomic E-state index is -0.227. The highest BCUT2D eigenvalue weighted by atomic mass is 16.5. The molecule has 0 unspecified atom stereocenters. The molecule has 2 heterocycles. The zero-order valence-corrected chi connectivity index (χ0v) is 18.1. The van der Waals surface area contributed by atoms with Crippen molar-refractivity contribution in [3.05, 3.63) is 72.1 Å². The van der Waals surface area contributed by atoms with E-state index in [2.05, 4.69) is 41.4 Å². The van der Waals surface area contributed by atoms with E-state index in [-0.39, 0.29) is 17.9 Å². The number of hydrogen-bond acceptors (Lipinski definition) is 5. The number of nitrogens with one attached hydrogen (secondary N) is 1. The number of aryl methyl sites for hydroxylation is 1. The third-order valence-corrected chi connectivity index (χ3v) is 4.95. The smallest absolute Gasteiger partial charge is 0.262 e. The van der Waals surface area contributed by atoms with Crippen LogP contribution in [0.5, 0.6) is 5.75 Å². The summed E-state index contributed by atoms with van der Waals surface area (Å²) >= 11 is 0. The van der Waals surface area contributed by atoms with Gasteiger partial charge >= 0.3 is 0 Å². The molecule has 7 nitrogen and oxygen atoms in total. The van der Waals surface area contributed by atoms with E-state index in [1.807, 2.05) is 67.6 Å². The quantitative estimate of drug-likeness (QED) is 0.522. The average molecular weight is 415 g/mol. The number of nitrogens with zero attached hydrogens (tertiary/aromatic N) is 4. The first-order valence-electron chi connectivity index (χ1n) is 10.1. The van der Waals surface area contributed by atoms with E-state index in [1.54, 1.807) is 4.52 Å². The molecule has 0 atom stereocenters. The van der Waals surface area contributed by atoms with Gasteiger partial charge in [-0.2, -0.15) is 9.61 Å². The van der Waals surface area contributed by atoms with Crippen LogP contribution in [-0.4, -0.2) is 32.3 Å². The number of benzene rings is 2. The molecule has 0 aliphatic heterocycles. The van der Waals surface area contributed by atoms with Crippen molar-refractivity contribution in [3.63, 3.8) is 0 Å². The predicted molar refractivity (Wildman–Crippen MR) is 120 cm³/mol. The molecule has 0 aliphatic rings. The monoisotopic (exact) mass is 415 g/mol. The standard InChI is InChI=1S/C24H25N5O2/c1-16-26-27-22-13-12-21(28-29(16)22)17-6-5-7-19(14-17)25-23(30)15-31-20-10-8-18(9-11-20)24(2,3)4/h5-14H,15H2,1-4H3,(H,25,30). The van der Waals surface area contributed by atoms with Crippen LogP contribution in [0.2, 0.25) is 0 Å². The summed E-state index contributed by atoms with van der Waals surface area (Å²) in [6, 6.07) is 19.1. The highest BCUT2D eigenvalue weighted by Crippen LogP contribution is 2.24. The van der Waals surface area contributed by atoms with E-state index in [9.17, 15) is 4.79 Å². The summed E-state index contributed by atoms with van der Waals surface area (Å²) < 4.78 is 7.33. The van der Waals surface area contributed by atoms with Crippen molar-refractivity contribution in [2.75, 3.05) is 11.9 Å². The summed E-state index contributed by atoms with van der Waals surface area (Å²) in [7, 11) is 0. The number of amides is 1. The zero-order chi connectivity index (χ0) is 22.0. The summed E-state index contributed by atoms with van der Waals surface area (Å²) in [5.41, 5.74) is 4.31. The van der Waals surface area contributed by atoms with E-state index < -0.39 is 0 Å². The largest absolute Gasteiger partial charge is 0.484 e. The Morgan fingerprint density at radius 3 is 2.55 bits per heavy atom. The van der Waals surface area contributed by atoms with Gasteiger partial charge in [0.1, 0.15) is 5.75 Å². The number of fused-ring (bicyclic) bond motifs is 1. The van der Waals surface area contributed by atoms with Crippen molar-refractivity contribution < 1.29 is 9.53 Å². The highest BCUT2D eigenvalue weighted by molar-refractivity contribution is 5.92. The lowest BCUT2D eigenvalue weighted by Gasteiger charge is -2.19. The molecule has 2 aromatic heterocycles. The zero-order valence-electron chi connectivity index (χ0n) is 18.1. The Hall–Kier alpha value is -3.74. The molecule has 0 saturated carbocycles. The predicted octanol–water partition coefficient (Wildman–Crippen LogP) is 4.41. The summed E-state index contributed by atoms with van der Waals surface area (Å²) in [6.45, 7) is 8.26. The molecule has 31 heavy (non-hydrogen) atoms. The van der Waals surface area contributed by atoms with Crippen molar-refractivity contribution in [1.29, 1.82) is 0 Å². The summed E-state index contributed by atoms with van der Waals surface area (Å²) in [5.74, 6) is 1.16. The molecular weight excluding hydrogens is 390 g/mol. The van der Waals surface area contributed by atoms with Crippen molar-refractivity contribution in [3.8, 4) is 17.0 Å². The Morgan fingerprint density at radius 1 is 1.03 bits per heavy atom. The van der Waals surface area contributed by atoms with Crippen LogP contribution in [0, 0.1) is 6.92 Å². The van der Waals surface area contributed by atoms with E-state index in [0.717, 1.165) is 11.3 Å². The summed E-state index contributed by atoms with van der Waals surface area (Å²) in [4.78, 5) is 12.4. The van der Waals surface area contributed by atoms with Crippen LogP contribution in [0.4, 0.5) is 5.69 Å². The maximum atomic E-state index is 12.4. The van der Waals surface area contributed by atoms with Gasteiger partial charge in [-0.15, -0.1) is 10.2 Å².